The zero-order valence-electron chi connectivity index (χ0n) is 16.1. The number of hydrogen-bond donors (Lipinski definition) is 1. The summed E-state index contributed by atoms with van der Waals surface area (Å²) < 4.78 is 34.1. The molecule has 2 amide bonds. The van der Waals surface area contributed by atoms with E-state index in [4.69, 9.17) is 16.3 Å². The largest absolute Gasteiger partial charge is 0.444 e. The van der Waals surface area contributed by atoms with E-state index in [2.05, 4.69) is 10.1 Å². The Morgan fingerprint density at radius 1 is 1.29 bits per heavy atom. The van der Waals surface area contributed by atoms with Crippen LogP contribution in [0.2, 0.25) is 5.02 Å². The first-order valence-electron chi connectivity index (χ1n) is 9.05. The molecule has 1 aliphatic heterocycles. The van der Waals surface area contributed by atoms with Gasteiger partial charge in [-0.15, -0.1) is 0 Å². The predicted octanol–water partition coefficient (Wildman–Crippen LogP) is 4.92. The van der Waals surface area contributed by atoms with Crippen molar-refractivity contribution in [3.63, 3.8) is 0 Å². The van der Waals surface area contributed by atoms with Crippen molar-refractivity contribution < 1.29 is 27.8 Å². The molecule has 0 bridgehead atoms. The summed E-state index contributed by atoms with van der Waals surface area (Å²) in [5.41, 5.74) is -0.131. The number of anilines is 1. The number of alkyl halides is 2. The molecule has 1 aliphatic rings. The van der Waals surface area contributed by atoms with Crippen LogP contribution in [-0.4, -0.2) is 42.2 Å². The molecule has 6 nitrogen and oxygen atoms in total. The number of nitrogens with zero attached hydrogens (tertiary/aromatic N) is 1. The number of piperidine rings is 1. The molecular weight excluding hydrogens is 394 g/mol. The van der Waals surface area contributed by atoms with Crippen molar-refractivity contribution in [2.75, 3.05) is 18.4 Å². The van der Waals surface area contributed by atoms with E-state index >= 15 is 0 Å². The lowest BCUT2D eigenvalue weighted by molar-refractivity contribution is -0.117. The van der Waals surface area contributed by atoms with E-state index in [1.165, 1.54) is 18.2 Å². The normalized spacial score (nSPS) is 15.5. The molecular formula is C19H25ClF2N2O4. The van der Waals surface area contributed by atoms with Gasteiger partial charge < -0.3 is 19.7 Å². The average molecular weight is 419 g/mol. The molecule has 1 fully saturated rings. The number of ether oxygens (including phenoxy) is 2. The second-order valence-corrected chi connectivity index (χ2v) is 8.09. The fraction of sp³-hybridized carbons (Fsp3) is 0.579. The minimum Gasteiger partial charge on any atom is -0.444 e. The van der Waals surface area contributed by atoms with Gasteiger partial charge in [-0.1, -0.05) is 11.6 Å². The Hall–Kier alpha value is -2.09. The Labute approximate surface area is 168 Å². The van der Waals surface area contributed by atoms with E-state index in [0.717, 1.165) is 0 Å². The van der Waals surface area contributed by atoms with E-state index in [1.54, 1.807) is 4.90 Å². The highest BCUT2D eigenvalue weighted by Gasteiger charge is 2.27. The van der Waals surface area contributed by atoms with Crippen molar-refractivity contribution >= 4 is 29.3 Å². The summed E-state index contributed by atoms with van der Waals surface area (Å²) in [6, 6.07) is 4.10. The van der Waals surface area contributed by atoms with Crippen molar-refractivity contribution in [2.24, 2.45) is 5.92 Å². The van der Waals surface area contributed by atoms with Gasteiger partial charge >= 0.3 is 12.7 Å². The molecule has 9 heteroatoms. The first-order valence-corrected chi connectivity index (χ1v) is 9.43. The standard InChI is InChI=1S/C19H25ClF2N2O4/c1-19(2,3)28-18(26)24-8-6-12(7-9-24)10-16(25)23-13-4-5-15(14(20)11-13)27-17(21)22/h4-5,11-12,17H,6-10H2,1-3H3,(H,23,25). The molecule has 0 saturated carbocycles. The second kappa shape index (κ2) is 9.41. The Morgan fingerprint density at radius 3 is 2.46 bits per heavy atom. The highest BCUT2D eigenvalue weighted by Crippen LogP contribution is 2.29. The highest BCUT2D eigenvalue weighted by atomic mass is 35.5. The van der Waals surface area contributed by atoms with Crippen LogP contribution in [-0.2, 0) is 9.53 Å². The van der Waals surface area contributed by atoms with Gasteiger partial charge in [0.05, 0.1) is 5.02 Å². The van der Waals surface area contributed by atoms with Gasteiger partial charge in [0.15, 0.2) is 0 Å². The third kappa shape index (κ3) is 7.14. The number of carbonyl (C=O) groups excluding carboxylic acids is 2. The highest BCUT2D eigenvalue weighted by molar-refractivity contribution is 6.32. The van der Waals surface area contributed by atoms with Crippen LogP contribution < -0.4 is 10.1 Å². The Bertz CT molecular complexity index is 702. The van der Waals surface area contributed by atoms with Crippen LogP contribution in [0, 0.1) is 5.92 Å². The molecule has 0 atom stereocenters. The van der Waals surface area contributed by atoms with Crippen LogP contribution in [0.4, 0.5) is 19.3 Å². The maximum absolute atomic E-state index is 12.2. The van der Waals surface area contributed by atoms with Crippen molar-refractivity contribution in [1.29, 1.82) is 0 Å². The SMILES string of the molecule is CC(C)(C)OC(=O)N1CCC(CC(=O)Nc2ccc(OC(F)F)c(Cl)c2)CC1. The topological polar surface area (TPSA) is 67.9 Å². The van der Waals surface area contributed by atoms with Crippen LogP contribution in [0.3, 0.4) is 0 Å². The summed E-state index contributed by atoms with van der Waals surface area (Å²) in [6.07, 6.45) is 1.37. The van der Waals surface area contributed by atoms with Crippen molar-refractivity contribution in [3.05, 3.63) is 23.2 Å². The number of carbonyl (C=O) groups is 2. The summed E-state index contributed by atoms with van der Waals surface area (Å²) in [4.78, 5) is 26.0. The van der Waals surface area contributed by atoms with Crippen LogP contribution >= 0.6 is 11.6 Å². The zero-order valence-corrected chi connectivity index (χ0v) is 16.9. The molecule has 1 N–H and O–H groups in total. The number of benzene rings is 1. The minimum atomic E-state index is -2.97. The number of likely N-dealkylation sites (tertiary alicyclic amines) is 1. The minimum absolute atomic E-state index is 0.0104. The fourth-order valence-corrected chi connectivity index (χ4v) is 3.12. The quantitative estimate of drug-likeness (QED) is 0.737. The van der Waals surface area contributed by atoms with Gasteiger partial charge in [-0.05, 0) is 57.7 Å². The van der Waals surface area contributed by atoms with Gasteiger partial charge in [0.2, 0.25) is 5.91 Å². The van der Waals surface area contributed by atoms with Gasteiger partial charge in [-0.2, -0.15) is 8.78 Å². The van der Waals surface area contributed by atoms with E-state index in [-0.39, 0.29) is 28.7 Å². The molecule has 28 heavy (non-hydrogen) atoms. The van der Waals surface area contributed by atoms with E-state index in [1.807, 2.05) is 20.8 Å². The molecule has 0 aliphatic carbocycles. The predicted molar refractivity (Wildman–Crippen MR) is 102 cm³/mol. The lowest BCUT2D eigenvalue weighted by Gasteiger charge is -2.33. The van der Waals surface area contributed by atoms with Gasteiger partial charge in [0.1, 0.15) is 11.4 Å². The molecule has 0 unspecified atom stereocenters. The van der Waals surface area contributed by atoms with Crippen molar-refractivity contribution in [3.8, 4) is 5.75 Å². The molecule has 1 saturated heterocycles. The third-order valence-corrected chi connectivity index (χ3v) is 4.47. The second-order valence-electron chi connectivity index (χ2n) is 7.69. The van der Waals surface area contributed by atoms with E-state index in [0.29, 0.717) is 38.0 Å². The Balaban J connectivity index is 1.80. The molecule has 156 valence electrons. The Kier molecular flexibility index (Phi) is 7.46. The average Bonchev–Trinajstić information content (AvgIpc) is 2.56. The van der Waals surface area contributed by atoms with Gasteiger partial charge in [0, 0.05) is 25.2 Å². The molecule has 1 heterocycles. The summed E-state index contributed by atoms with van der Waals surface area (Å²) >= 11 is 5.88. The van der Waals surface area contributed by atoms with Crippen LogP contribution in [0.15, 0.2) is 18.2 Å². The van der Waals surface area contributed by atoms with Crippen molar-refractivity contribution in [2.45, 2.75) is 52.2 Å². The van der Waals surface area contributed by atoms with Gasteiger partial charge in [-0.25, -0.2) is 4.79 Å². The van der Waals surface area contributed by atoms with Crippen LogP contribution in [0.5, 0.6) is 5.75 Å². The number of nitrogens with one attached hydrogen (secondary N) is 1. The number of rotatable bonds is 5. The van der Waals surface area contributed by atoms with E-state index < -0.39 is 12.2 Å². The summed E-state index contributed by atoms with van der Waals surface area (Å²) in [7, 11) is 0. The Morgan fingerprint density at radius 2 is 1.93 bits per heavy atom. The zero-order chi connectivity index (χ0) is 20.9. The first kappa shape index (κ1) is 22.2. The molecule has 1 aromatic rings. The first-order chi connectivity index (χ1) is 13.0. The maximum atomic E-state index is 12.2. The lowest BCUT2D eigenvalue weighted by atomic mass is 9.93. The third-order valence-electron chi connectivity index (χ3n) is 4.17. The number of halogens is 3. The van der Waals surface area contributed by atoms with Crippen LogP contribution in [0.25, 0.3) is 0 Å². The number of amides is 2. The number of hydrogen-bond acceptors (Lipinski definition) is 4. The molecule has 0 aromatic heterocycles. The van der Waals surface area contributed by atoms with Gasteiger partial charge in [0.25, 0.3) is 0 Å². The lowest BCUT2D eigenvalue weighted by Crippen LogP contribution is -2.42. The van der Waals surface area contributed by atoms with Crippen LogP contribution in [0.1, 0.15) is 40.0 Å². The monoisotopic (exact) mass is 418 g/mol. The molecule has 0 spiro atoms. The summed E-state index contributed by atoms with van der Waals surface area (Å²) in [6.45, 7) is 3.57. The fourth-order valence-electron chi connectivity index (χ4n) is 2.89. The molecule has 0 radical (unpaired) electrons. The van der Waals surface area contributed by atoms with Gasteiger partial charge in [-0.3, -0.25) is 4.79 Å². The van der Waals surface area contributed by atoms with E-state index in [9.17, 15) is 18.4 Å². The summed E-state index contributed by atoms with van der Waals surface area (Å²) in [5, 5.41) is 2.69. The molecule has 2 rings (SSSR count). The molecule has 1 aromatic carbocycles. The smallest absolute Gasteiger partial charge is 0.410 e. The summed E-state index contributed by atoms with van der Waals surface area (Å²) in [5.74, 6) is -0.200. The van der Waals surface area contributed by atoms with Crippen molar-refractivity contribution in [1.82, 2.24) is 4.90 Å². The maximum Gasteiger partial charge on any atom is 0.410 e.